The summed E-state index contributed by atoms with van der Waals surface area (Å²) < 4.78 is 15.5. The van der Waals surface area contributed by atoms with Crippen molar-refractivity contribution >= 4 is 29.8 Å². The molecule has 5 rings (SSSR count). The molecular formula is C38H50N4O5S. The van der Waals surface area contributed by atoms with E-state index in [4.69, 9.17) is 19.4 Å². The number of aliphatic hydroxyl groups is 1. The van der Waals surface area contributed by atoms with Gasteiger partial charge in [0, 0.05) is 28.1 Å². The van der Waals surface area contributed by atoms with E-state index in [-0.39, 0.29) is 48.5 Å². The number of nitrogens with one attached hydrogen (secondary N) is 1. The highest BCUT2D eigenvalue weighted by atomic mass is 32.2. The lowest BCUT2D eigenvalue weighted by molar-refractivity contribution is -0.177. The highest BCUT2D eigenvalue weighted by molar-refractivity contribution is 8.00. The highest BCUT2D eigenvalue weighted by Crippen LogP contribution is 2.51. The molecule has 3 aromatic rings. The Labute approximate surface area is 289 Å². The van der Waals surface area contributed by atoms with Crippen molar-refractivity contribution in [2.24, 2.45) is 10.8 Å². The first-order valence-corrected chi connectivity index (χ1v) is 17.6. The number of aryl methyl sites for hydroxylation is 2. The Hall–Kier alpha value is -3.63. The normalized spacial score (nSPS) is 21.6. The lowest BCUT2D eigenvalue weighted by atomic mass is 9.60. The number of aromatic nitrogens is 2. The summed E-state index contributed by atoms with van der Waals surface area (Å²) >= 11 is 1.33. The van der Waals surface area contributed by atoms with Gasteiger partial charge in [-0.05, 0) is 114 Å². The first-order valence-electron chi connectivity index (χ1n) is 16.8. The topological polar surface area (TPSA) is 114 Å². The van der Waals surface area contributed by atoms with E-state index >= 15 is 0 Å². The van der Waals surface area contributed by atoms with Crippen LogP contribution in [0.5, 0.6) is 5.88 Å². The number of esters is 1. The summed E-state index contributed by atoms with van der Waals surface area (Å²) in [6, 6.07) is 15.0. The van der Waals surface area contributed by atoms with Crippen molar-refractivity contribution in [1.82, 2.24) is 14.9 Å². The fraction of sp³-hybridized carbons (Fsp3) is 0.526. The Kier molecular flexibility index (Phi) is 10.2. The van der Waals surface area contributed by atoms with E-state index in [1.807, 2.05) is 55.1 Å². The summed E-state index contributed by atoms with van der Waals surface area (Å²) in [4.78, 5) is 40.5. The van der Waals surface area contributed by atoms with Gasteiger partial charge in [-0.3, -0.25) is 14.3 Å². The van der Waals surface area contributed by atoms with Gasteiger partial charge in [-0.1, -0.05) is 45.0 Å². The molecular weight excluding hydrogens is 625 g/mol. The number of carbonyl (C=O) groups is 2. The number of fused-ring (bicyclic) bond motifs is 4. The van der Waals surface area contributed by atoms with E-state index in [9.17, 15) is 14.7 Å². The van der Waals surface area contributed by atoms with Crippen molar-refractivity contribution in [2.45, 2.75) is 117 Å². The summed E-state index contributed by atoms with van der Waals surface area (Å²) in [7, 11) is 0. The average molecular weight is 675 g/mol. The van der Waals surface area contributed by atoms with Gasteiger partial charge in [0.2, 0.25) is 11.8 Å². The number of nitrogens with zero attached hydrogens (tertiary/aromatic N) is 3. The van der Waals surface area contributed by atoms with Gasteiger partial charge in [-0.25, -0.2) is 4.98 Å². The van der Waals surface area contributed by atoms with Crippen LogP contribution in [0.3, 0.4) is 0 Å². The molecule has 0 saturated heterocycles. The van der Waals surface area contributed by atoms with Crippen LogP contribution in [-0.2, 0) is 9.53 Å². The van der Waals surface area contributed by atoms with Crippen molar-refractivity contribution in [3.05, 3.63) is 65.2 Å². The molecule has 0 unspecified atom stereocenters. The number of ether oxygens (including phenoxy) is 2. The van der Waals surface area contributed by atoms with Crippen molar-refractivity contribution in [1.29, 1.82) is 0 Å². The molecule has 48 heavy (non-hydrogen) atoms. The molecule has 0 radical (unpaired) electrons. The van der Waals surface area contributed by atoms with Crippen LogP contribution in [0.1, 0.15) is 95.6 Å². The monoisotopic (exact) mass is 674 g/mol. The van der Waals surface area contributed by atoms with Gasteiger partial charge in [0.05, 0.1) is 28.9 Å². The largest absolute Gasteiger partial charge is 0.475 e. The Morgan fingerprint density at radius 2 is 1.75 bits per heavy atom. The Bertz CT molecular complexity index is 1640. The van der Waals surface area contributed by atoms with Crippen LogP contribution in [0.25, 0.3) is 11.3 Å². The number of amides is 1. The second kappa shape index (κ2) is 13.7. The van der Waals surface area contributed by atoms with Gasteiger partial charge in [-0.2, -0.15) is 4.98 Å². The third kappa shape index (κ3) is 8.32. The molecule has 1 aromatic heterocycles. The van der Waals surface area contributed by atoms with Crippen molar-refractivity contribution in [3.8, 4) is 17.1 Å². The van der Waals surface area contributed by atoms with Crippen LogP contribution < -0.4 is 9.46 Å². The van der Waals surface area contributed by atoms with E-state index in [0.717, 1.165) is 27.3 Å². The molecule has 2 N–H and O–H groups in total. The molecule has 2 aromatic carbocycles. The number of carbonyl (C=O) groups excluding carboxylic acids is 2. The Morgan fingerprint density at radius 3 is 2.38 bits per heavy atom. The fourth-order valence-corrected chi connectivity index (χ4v) is 7.82. The second-order valence-electron chi connectivity index (χ2n) is 15.6. The third-order valence-electron chi connectivity index (χ3n) is 8.87. The van der Waals surface area contributed by atoms with Gasteiger partial charge in [0.1, 0.15) is 6.61 Å². The minimum Gasteiger partial charge on any atom is -0.475 e. The number of benzene rings is 2. The van der Waals surface area contributed by atoms with Crippen LogP contribution in [0.15, 0.2) is 53.4 Å². The number of hydrogen-bond acceptors (Lipinski definition) is 9. The van der Waals surface area contributed by atoms with E-state index < -0.39 is 11.0 Å². The van der Waals surface area contributed by atoms with E-state index in [2.05, 4.69) is 51.5 Å². The molecule has 2 heterocycles. The number of hydrogen-bond donors (Lipinski definition) is 2. The Balaban J connectivity index is 1.58. The molecule has 1 saturated carbocycles. The maximum absolute atomic E-state index is 14.6. The smallest absolute Gasteiger partial charge is 0.312 e. The lowest BCUT2D eigenvalue weighted by Crippen LogP contribution is -2.62. The molecule has 9 nitrogen and oxygen atoms in total. The molecule has 1 aliphatic carbocycles. The zero-order valence-electron chi connectivity index (χ0n) is 29.7. The van der Waals surface area contributed by atoms with E-state index in [1.54, 1.807) is 13.8 Å². The lowest BCUT2D eigenvalue weighted by Gasteiger charge is -2.53. The summed E-state index contributed by atoms with van der Waals surface area (Å²) in [5.74, 6) is 0.375. The van der Waals surface area contributed by atoms with Gasteiger partial charge in [-0.15, -0.1) is 0 Å². The van der Waals surface area contributed by atoms with E-state index in [1.165, 1.54) is 11.9 Å². The minimum atomic E-state index is -1.09. The minimum absolute atomic E-state index is 0.123. The molecule has 1 fully saturated rings. The molecule has 1 aliphatic heterocycles. The summed E-state index contributed by atoms with van der Waals surface area (Å²) in [5.41, 5.74) is 2.39. The first kappa shape index (κ1) is 35.7. The SMILES string of the molecule is Cc1cccc(C)c1-c1cc2nc(n1)NSc1cccc(c1)C(=O)N(C1CC(CC(C)(C)O)(C(=O)OC(C)C)C1)[C@H](CC(C)(C)C)CO2. The molecule has 10 heteroatoms. The molecule has 258 valence electrons. The highest BCUT2D eigenvalue weighted by Gasteiger charge is 2.57. The van der Waals surface area contributed by atoms with Crippen molar-refractivity contribution in [3.63, 3.8) is 0 Å². The maximum Gasteiger partial charge on any atom is 0.312 e. The van der Waals surface area contributed by atoms with Crippen LogP contribution in [0, 0.1) is 24.7 Å². The fourth-order valence-electron chi connectivity index (χ4n) is 7.18. The van der Waals surface area contributed by atoms with Gasteiger partial charge in [0.25, 0.3) is 5.91 Å². The van der Waals surface area contributed by atoms with Crippen molar-refractivity contribution in [2.75, 3.05) is 11.3 Å². The molecule has 1 amide bonds. The quantitative estimate of drug-likeness (QED) is 0.192. The molecule has 2 aliphatic rings. The van der Waals surface area contributed by atoms with Gasteiger partial charge >= 0.3 is 5.97 Å². The maximum atomic E-state index is 14.6. The molecule has 0 spiro atoms. The molecule has 1 atom stereocenters. The van der Waals surface area contributed by atoms with Crippen LogP contribution >= 0.6 is 11.9 Å². The van der Waals surface area contributed by atoms with Gasteiger partial charge < -0.3 is 19.5 Å². The third-order valence-corrected chi connectivity index (χ3v) is 9.65. The zero-order valence-corrected chi connectivity index (χ0v) is 30.5. The average Bonchev–Trinajstić information content (AvgIpc) is 2.95. The summed E-state index contributed by atoms with van der Waals surface area (Å²) in [6.45, 7) is 17.9. The predicted molar refractivity (Wildman–Crippen MR) is 190 cm³/mol. The summed E-state index contributed by atoms with van der Waals surface area (Å²) in [5, 5.41) is 10.9. The standard InChI is InChI=1S/C38H50N4O5S/c1-23(2)47-34(44)38(22-37(8,9)45)19-27(20-38)42-28(18-36(5,6)7)21-46-31-17-30(32-24(3)12-10-13-25(32)4)39-35(40-31)41-48-29-15-11-14-26(16-29)33(42)43/h10-17,23,27-28,45H,18-22H2,1-9H3,(H,39,40,41)/t27?,28-,38?/m1/s1. The van der Waals surface area contributed by atoms with Crippen LogP contribution in [-0.4, -0.2) is 62.2 Å². The summed E-state index contributed by atoms with van der Waals surface area (Å²) in [6.07, 6.45) is 1.38. The first-order chi connectivity index (χ1) is 22.4. The van der Waals surface area contributed by atoms with Crippen LogP contribution in [0.2, 0.25) is 0 Å². The van der Waals surface area contributed by atoms with Crippen LogP contribution in [0.4, 0.5) is 5.95 Å². The predicted octanol–water partition coefficient (Wildman–Crippen LogP) is 7.78. The van der Waals surface area contributed by atoms with Gasteiger partial charge in [0.15, 0.2) is 0 Å². The van der Waals surface area contributed by atoms with E-state index in [0.29, 0.717) is 36.7 Å². The van der Waals surface area contributed by atoms with Crippen molar-refractivity contribution < 1.29 is 24.2 Å². The zero-order chi connectivity index (χ0) is 35.0. The number of anilines is 1. The molecule has 4 bridgehead atoms. The second-order valence-corrected chi connectivity index (χ2v) is 16.5. The Morgan fingerprint density at radius 1 is 1.08 bits per heavy atom. The number of rotatable bonds is 7.